The number of rotatable bonds is 1. The molecule has 2 heteroatoms. The van der Waals surface area contributed by atoms with E-state index in [1.54, 1.807) is 0 Å². The lowest BCUT2D eigenvalue weighted by Gasteiger charge is -2.25. The van der Waals surface area contributed by atoms with Crippen molar-refractivity contribution < 1.29 is 4.57 Å². The molecule has 0 saturated carbocycles. The van der Waals surface area contributed by atoms with Crippen molar-refractivity contribution in [3.05, 3.63) is 78.4 Å². The van der Waals surface area contributed by atoms with Gasteiger partial charge in [0.25, 0.3) is 0 Å². The van der Waals surface area contributed by atoms with Crippen LogP contribution in [0, 0.1) is 6.92 Å². The zero-order chi connectivity index (χ0) is 19.2. The highest BCUT2D eigenvalue weighted by molar-refractivity contribution is 7.34. The Hall–Kier alpha value is -3.02. The van der Waals surface area contributed by atoms with Gasteiger partial charge in [-0.1, -0.05) is 55.6 Å². The quantitative estimate of drug-likeness (QED) is 0.169. The van der Waals surface area contributed by atoms with Crippen LogP contribution < -0.4 is 5.30 Å². The minimum atomic E-state index is 0.0371. The molecule has 0 spiro atoms. The first-order valence-corrected chi connectivity index (χ1v) is 10.3. The van der Waals surface area contributed by atoms with Gasteiger partial charge in [0.05, 0.1) is 5.30 Å². The molecule has 0 aromatic heterocycles. The number of hydrogen-bond donors (Lipinski definition) is 0. The van der Waals surface area contributed by atoms with Crippen LogP contribution in [0.3, 0.4) is 0 Å². The number of allylic oxidation sites excluding steroid dienone is 2. The molecule has 132 valence electrons. The Kier molecular flexibility index (Phi) is 3.01. The summed E-state index contributed by atoms with van der Waals surface area (Å²) in [5.41, 5.74) is 5.58. The van der Waals surface area contributed by atoms with Crippen molar-refractivity contribution in [1.82, 2.24) is 0 Å². The fraction of sp³-hybridized carbons (Fsp3) is 0.0769. The van der Waals surface area contributed by atoms with E-state index in [0.29, 0.717) is 0 Å². The van der Waals surface area contributed by atoms with Crippen molar-refractivity contribution in [2.24, 2.45) is 0 Å². The molecular formula is C26H17OP. The van der Waals surface area contributed by atoms with E-state index in [0.717, 1.165) is 39.4 Å². The van der Waals surface area contributed by atoms with E-state index in [4.69, 9.17) is 0 Å². The Balaban J connectivity index is 2.04. The molecule has 0 N–H and O–H groups in total. The van der Waals surface area contributed by atoms with Gasteiger partial charge in [-0.15, -0.1) is 0 Å². The number of hydrogen-bond acceptors (Lipinski definition) is 1. The van der Waals surface area contributed by atoms with Gasteiger partial charge in [-0.25, -0.2) is 0 Å². The standard InChI is InChI=1S/C26H17OP/c1-13-7-8-19-20-10-9-17-14(2)11-15(3)23-22(28-27)12-21(25(20)26(17)23)18-6-4-5-16(13)24(18)19/h4-10,12H,2-3,11H2,1H3. The van der Waals surface area contributed by atoms with Crippen LogP contribution in [0.2, 0.25) is 0 Å². The van der Waals surface area contributed by atoms with Crippen molar-refractivity contribution in [1.29, 1.82) is 0 Å². The van der Waals surface area contributed by atoms with Crippen molar-refractivity contribution in [3.63, 3.8) is 0 Å². The number of fused-ring (bicyclic) bond motifs is 2. The third-order valence-electron chi connectivity index (χ3n) is 6.36. The van der Waals surface area contributed by atoms with Gasteiger partial charge in [-0.3, -0.25) is 4.57 Å². The molecule has 5 aromatic rings. The van der Waals surface area contributed by atoms with Gasteiger partial charge in [0.2, 0.25) is 0 Å². The van der Waals surface area contributed by atoms with Crippen LogP contribution in [-0.4, -0.2) is 0 Å². The largest absolute Gasteiger partial charge is 0.269 e. The summed E-state index contributed by atoms with van der Waals surface area (Å²) < 4.78 is 12.1. The van der Waals surface area contributed by atoms with Crippen molar-refractivity contribution in [2.45, 2.75) is 13.3 Å². The Labute approximate surface area is 164 Å². The topological polar surface area (TPSA) is 17.1 Å². The van der Waals surface area contributed by atoms with E-state index in [1.807, 2.05) is 0 Å². The summed E-state index contributed by atoms with van der Waals surface area (Å²) in [6.45, 7) is 10.8. The van der Waals surface area contributed by atoms with Crippen LogP contribution in [0.15, 0.2) is 61.7 Å². The molecule has 0 saturated heterocycles. The minimum absolute atomic E-state index is 0.0371. The maximum absolute atomic E-state index is 12.1. The molecule has 0 unspecified atom stereocenters. The minimum Gasteiger partial charge on any atom is -0.269 e. The SMILES string of the molecule is C=C1CC(=C)c2c(P=O)cc3c4cccc5c(C)ccc(c6ccc1c2c63)c54. The molecule has 1 aliphatic rings. The lowest BCUT2D eigenvalue weighted by molar-refractivity contribution is 0.603. The molecule has 0 fully saturated rings. The summed E-state index contributed by atoms with van der Waals surface area (Å²) in [5, 5.41) is 10.7. The average Bonchev–Trinajstić information content (AvgIpc) is 2.71. The normalized spacial score (nSPS) is 14.3. The van der Waals surface area contributed by atoms with Gasteiger partial charge in [-0.05, 0) is 84.8 Å². The second kappa shape index (κ2) is 5.28. The van der Waals surface area contributed by atoms with E-state index in [-0.39, 0.29) is 8.46 Å². The highest BCUT2D eigenvalue weighted by atomic mass is 31.1. The highest BCUT2D eigenvalue weighted by Crippen LogP contribution is 2.47. The van der Waals surface area contributed by atoms with Crippen LogP contribution in [0.4, 0.5) is 0 Å². The second-order valence-electron chi connectivity index (χ2n) is 7.86. The lowest BCUT2D eigenvalue weighted by atomic mass is 9.79. The van der Waals surface area contributed by atoms with E-state index < -0.39 is 0 Å². The lowest BCUT2D eigenvalue weighted by Crippen LogP contribution is -2.09. The summed E-state index contributed by atoms with van der Waals surface area (Å²) in [5.74, 6) is 0. The van der Waals surface area contributed by atoms with Crippen LogP contribution in [-0.2, 0) is 4.57 Å². The van der Waals surface area contributed by atoms with Crippen LogP contribution in [0.5, 0.6) is 0 Å². The Morgan fingerprint density at radius 2 is 1.50 bits per heavy atom. The predicted molar refractivity (Wildman–Crippen MR) is 122 cm³/mol. The third-order valence-corrected chi connectivity index (χ3v) is 6.91. The molecular weight excluding hydrogens is 359 g/mol. The molecule has 0 heterocycles. The van der Waals surface area contributed by atoms with E-state index in [1.165, 1.54) is 43.3 Å². The zero-order valence-corrected chi connectivity index (χ0v) is 16.5. The van der Waals surface area contributed by atoms with Gasteiger partial charge in [0, 0.05) is 5.56 Å². The number of benzene rings is 5. The van der Waals surface area contributed by atoms with Crippen LogP contribution in [0.1, 0.15) is 23.1 Å². The summed E-state index contributed by atoms with van der Waals surface area (Å²) in [4.78, 5) is 0. The Morgan fingerprint density at radius 3 is 2.32 bits per heavy atom. The van der Waals surface area contributed by atoms with Crippen molar-refractivity contribution in [3.8, 4) is 0 Å². The molecule has 5 aromatic carbocycles. The predicted octanol–water partition coefficient (Wildman–Crippen LogP) is 7.39. The summed E-state index contributed by atoms with van der Waals surface area (Å²) in [6, 6.07) is 17.5. The average molecular weight is 376 g/mol. The maximum atomic E-state index is 12.1. The summed E-state index contributed by atoms with van der Waals surface area (Å²) in [6.07, 6.45) is 0.731. The Morgan fingerprint density at radius 1 is 0.786 bits per heavy atom. The van der Waals surface area contributed by atoms with Crippen LogP contribution >= 0.6 is 8.46 Å². The maximum Gasteiger partial charge on any atom is 0.192 e. The molecule has 6 rings (SSSR count). The monoisotopic (exact) mass is 376 g/mol. The molecule has 0 bridgehead atoms. The summed E-state index contributed by atoms with van der Waals surface area (Å²) >= 11 is 0. The van der Waals surface area contributed by atoms with Gasteiger partial charge >= 0.3 is 0 Å². The first-order chi connectivity index (χ1) is 13.6. The first-order valence-electron chi connectivity index (χ1n) is 9.46. The second-order valence-corrected chi connectivity index (χ2v) is 8.53. The molecule has 28 heavy (non-hydrogen) atoms. The smallest absolute Gasteiger partial charge is 0.192 e. The van der Waals surface area contributed by atoms with Crippen molar-refractivity contribution >= 4 is 68.0 Å². The molecule has 0 radical (unpaired) electrons. The van der Waals surface area contributed by atoms with Crippen molar-refractivity contribution in [2.75, 3.05) is 0 Å². The van der Waals surface area contributed by atoms with Gasteiger partial charge in [0.15, 0.2) is 8.46 Å². The fourth-order valence-electron chi connectivity index (χ4n) is 5.16. The number of aryl methyl sites for hydroxylation is 1. The van der Waals surface area contributed by atoms with E-state index >= 15 is 0 Å². The molecule has 0 amide bonds. The van der Waals surface area contributed by atoms with Gasteiger partial charge < -0.3 is 0 Å². The highest BCUT2D eigenvalue weighted by Gasteiger charge is 2.25. The zero-order valence-electron chi connectivity index (χ0n) is 15.6. The summed E-state index contributed by atoms with van der Waals surface area (Å²) in [7, 11) is 0.0371. The molecule has 1 aliphatic carbocycles. The Bertz CT molecular complexity index is 1540. The van der Waals surface area contributed by atoms with Gasteiger partial charge in [-0.2, -0.15) is 0 Å². The molecule has 1 nitrogen and oxygen atoms in total. The van der Waals surface area contributed by atoms with E-state index in [2.05, 4.69) is 68.6 Å². The van der Waals surface area contributed by atoms with Crippen LogP contribution in [0.25, 0.3) is 54.2 Å². The first kappa shape index (κ1) is 16.0. The third kappa shape index (κ3) is 1.78. The fourth-order valence-corrected chi connectivity index (χ4v) is 5.70. The molecule has 0 atom stereocenters. The molecule has 0 aliphatic heterocycles. The van der Waals surface area contributed by atoms with E-state index in [9.17, 15) is 4.57 Å². The van der Waals surface area contributed by atoms with Gasteiger partial charge in [0.1, 0.15) is 0 Å².